The first kappa shape index (κ1) is 14.5. The second-order valence-corrected chi connectivity index (χ2v) is 4.49. The minimum atomic E-state index is 0.0751. The van der Waals surface area contributed by atoms with Gasteiger partial charge >= 0.3 is 0 Å². The van der Waals surface area contributed by atoms with Crippen LogP contribution in [-0.2, 0) is 11.2 Å². The van der Waals surface area contributed by atoms with Crippen molar-refractivity contribution < 1.29 is 9.53 Å². The highest BCUT2D eigenvalue weighted by molar-refractivity contribution is 5.76. The fourth-order valence-corrected chi connectivity index (χ4v) is 1.51. The number of aryl methyl sites for hydroxylation is 1. The van der Waals surface area contributed by atoms with Gasteiger partial charge in [0.2, 0.25) is 5.91 Å². The fraction of sp³-hybridized carbons (Fsp3) is 0.500. The van der Waals surface area contributed by atoms with Gasteiger partial charge in [0.25, 0.3) is 0 Å². The van der Waals surface area contributed by atoms with Gasteiger partial charge in [0.1, 0.15) is 5.75 Å². The molecule has 0 fully saturated rings. The van der Waals surface area contributed by atoms with Crippen LogP contribution in [-0.4, -0.2) is 26.1 Å². The van der Waals surface area contributed by atoms with Crippen molar-refractivity contribution in [1.82, 2.24) is 5.32 Å². The van der Waals surface area contributed by atoms with Gasteiger partial charge in [0.05, 0.1) is 7.11 Å². The van der Waals surface area contributed by atoms with Gasteiger partial charge in [-0.15, -0.1) is 0 Å². The second kappa shape index (κ2) is 7.71. The normalized spacial score (nSPS) is 11.9. The molecule has 4 nitrogen and oxygen atoms in total. The number of benzene rings is 1. The molecule has 1 aromatic rings. The third-order valence-corrected chi connectivity index (χ3v) is 2.85. The largest absolute Gasteiger partial charge is 0.497 e. The van der Waals surface area contributed by atoms with Crippen molar-refractivity contribution in [2.75, 3.05) is 20.2 Å². The highest BCUT2D eigenvalue weighted by Crippen LogP contribution is 2.12. The van der Waals surface area contributed by atoms with E-state index in [0.29, 0.717) is 25.4 Å². The molecule has 4 heteroatoms. The summed E-state index contributed by atoms with van der Waals surface area (Å²) in [6.07, 6.45) is 1.25. The average Bonchev–Trinajstić information content (AvgIpc) is 2.42. The molecule has 1 unspecified atom stereocenters. The van der Waals surface area contributed by atoms with E-state index >= 15 is 0 Å². The molecule has 0 saturated heterocycles. The van der Waals surface area contributed by atoms with Crippen molar-refractivity contribution in [1.29, 1.82) is 0 Å². The van der Waals surface area contributed by atoms with Crippen LogP contribution in [0.3, 0.4) is 0 Å². The maximum absolute atomic E-state index is 11.6. The van der Waals surface area contributed by atoms with Gasteiger partial charge in [-0.05, 0) is 36.6 Å². The number of amides is 1. The van der Waals surface area contributed by atoms with Crippen molar-refractivity contribution in [2.24, 2.45) is 11.7 Å². The lowest BCUT2D eigenvalue weighted by molar-refractivity contribution is -0.121. The quantitative estimate of drug-likeness (QED) is 0.767. The highest BCUT2D eigenvalue weighted by atomic mass is 16.5. The Kier molecular flexibility index (Phi) is 6.22. The lowest BCUT2D eigenvalue weighted by Gasteiger charge is -2.10. The van der Waals surface area contributed by atoms with Crippen LogP contribution in [0.15, 0.2) is 24.3 Å². The number of hydrogen-bond donors (Lipinski definition) is 2. The van der Waals surface area contributed by atoms with Gasteiger partial charge in [-0.3, -0.25) is 4.79 Å². The Bertz CT molecular complexity index is 363. The van der Waals surface area contributed by atoms with Gasteiger partial charge in [0, 0.05) is 13.0 Å². The van der Waals surface area contributed by atoms with E-state index in [1.807, 2.05) is 31.2 Å². The van der Waals surface area contributed by atoms with E-state index in [1.165, 1.54) is 0 Å². The summed E-state index contributed by atoms with van der Waals surface area (Å²) < 4.78 is 5.08. The molecule has 18 heavy (non-hydrogen) atoms. The van der Waals surface area contributed by atoms with Crippen molar-refractivity contribution >= 4 is 5.91 Å². The third kappa shape index (κ3) is 5.19. The van der Waals surface area contributed by atoms with Gasteiger partial charge in [0.15, 0.2) is 0 Å². The van der Waals surface area contributed by atoms with E-state index in [4.69, 9.17) is 10.5 Å². The maximum atomic E-state index is 11.6. The number of carbonyl (C=O) groups is 1. The average molecular weight is 250 g/mol. The highest BCUT2D eigenvalue weighted by Gasteiger charge is 2.04. The summed E-state index contributed by atoms with van der Waals surface area (Å²) in [5.74, 6) is 1.24. The lowest BCUT2D eigenvalue weighted by atomic mass is 10.1. The first-order valence-corrected chi connectivity index (χ1v) is 6.25. The Morgan fingerprint density at radius 2 is 2.06 bits per heavy atom. The van der Waals surface area contributed by atoms with Crippen molar-refractivity contribution in [3.8, 4) is 5.75 Å². The predicted molar refractivity (Wildman–Crippen MR) is 72.5 cm³/mol. The summed E-state index contributed by atoms with van der Waals surface area (Å²) in [5.41, 5.74) is 6.62. The summed E-state index contributed by atoms with van der Waals surface area (Å²) >= 11 is 0. The van der Waals surface area contributed by atoms with Crippen LogP contribution in [0.2, 0.25) is 0 Å². The lowest BCUT2D eigenvalue weighted by Crippen LogP contribution is -2.31. The zero-order valence-corrected chi connectivity index (χ0v) is 11.1. The Labute approximate surface area is 109 Å². The third-order valence-electron chi connectivity index (χ3n) is 2.85. The molecular formula is C14H22N2O2. The van der Waals surface area contributed by atoms with Crippen LogP contribution in [0.25, 0.3) is 0 Å². The van der Waals surface area contributed by atoms with Crippen LogP contribution in [0, 0.1) is 5.92 Å². The van der Waals surface area contributed by atoms with E-state index in [2.05, 4.69) is 5.32 Å². The molecule has 0 aliphatic carbocycles. The summed E-state index contributed by atoms with van der Waals surface area (Å²) in [6.45, 7) is 3.26. The number of hydrogen-bond acceptors (Lipinski definition) is 3. The van der Waals surface area contributed by atoms with Gasteiger partial charge in [-0.1, -0.05) is 19.1 Å². The predicted octanol–water partition coefficient (Wildman–Crippen LogP) is 1.34. The van der Waals surface area contributed by atoms with Crippen LogP contribution in [0.1, 0.15) is 18.9 Å². The molecule has 0 spiro atoms. The number of nitrogens with two attached hydrogens (primary N) is 1. The van der Waals surface area contributed by atoms with Crippen LogP contribution in [0.4, 0.5) is 0 Å². The number of ether oxygens (including phenoxy) is 1. The minimum absolute atomic E-state index is 0.0751. The Hall–Kier alpha value is -1.55. The molecule has 100 valence electrons. The molecule has 0 bridgehead atoms. The van der Waals surface area contributed by atoms with E-state index < -0.39 is 0 Å². The molecule has 1 amide bonds. The van der Waals surface area contributed by atoms with Gasteiger partial charge in [-0.2, -0.15) is 0 Å². The summed E-state index contributed by atoms with van der Waals surface area (Å²) in [4.78, 5) is 11.6. The standard InChI is InChI=1S/C14H22N2O2/c1-11(9-15)10-16-14(17)8-5-12-3-6-13(18-2)7-4-12/h3-4,6-7,11H,5,8-10,15H2,1-2H3,(H,16,17). The topological polar surface area (TPSA) is 64.3 Å². The zero-order chi connectivity index (χ0) is 13.4. The summed E-state index contributed by atoms with van der Waals surface area (Å²) in [7, 11) is 1.64. The molecule has 1 rings (SSSR count). The van der Waals surface area contributed by atoms with Crippen molar-refractivity contribution in [3.05, 3.63) is 29.8 Å². The fourth-order valence-electron chi connectivity index (χ4n) is 1.51. The summed E-state index contributed by atoms with van der Waals surface area (Å²) in [5, 5.41) is 2.88. The van der Waals surface area contributed by atoms with Crippen molar-refractivity contribution in [2.45, 2.75) is 19.8 Å². The molecule has 0 aromatic heterocycles. The smallest absolute Gasteiger partial charge is 0.220 e. The first-order chi connectivity index (χ1) is 8.65. The molecule has 0 heterocycles. The van der Waals surface area contributed by atoms with Crippen LogP contribution >= 0.6 is 0 Å². The maximum Gasteiger partial charge on any atom is 0.220 e. The Morgan fingerprint density at radius 3 is 2.61 bits per heavy atom. The Balaban J connectivity index is 2.29. The summed E-state index contributed by atoms with van der Waals surface area (Å²) in [6, 6.07) is 7.77. The minimum Gasteiger partial charge on any atom is -0.497 e. The Morgan fingerprint density at radius 1 is 1.39 bits per heavy atom. The molecule has 1 aromatic carbocycles. The number of rotatable bonds is 7. The second-order valence-electron chi connectivity index (χ2n) is 4.49. The number of nitrogens with one attached hydrogen (secondary N) is 1. The van der Waals surface area contributed by atoms with Crippen LogP contribution < -0.4 is 15.8 Å². The molecular weight excluding hydrogens is 228 g/mol. The van der Waals surface area contributed by atoms with E-state index in [-0.39, 0.29) is 5.91 Å². The molecule has 1 atom stereocenters. The number of carbonyl (C=O) groups excluding carboxylic acids is 1. The van der Waals surface area contributed by atoms with Gasteiger partial charge in [-0.25, -0.2) is 0 Å². The van der Waals surface area contributed by atoms with E-state index in [1.54, 1.807) is 7.11 Å². The van der Waals surface area contributed by atoms with Crippen molar-refractivity contribution in [3.63, 3.8) is 0 Å². The molecule has 0 aliphatic rings. The number of methoxy groups -OCH3 is 1. The van der Waals surface area contributed by atoms with Gasteiger partial charge < -0.3 is 15.8 Å². The zero-order valence-electron chi connectivity index (χ0n) is 11.1. The first-order valence-electron chi connectivity index (χ1n) is 6.25. The van der Waals surface area contributed by atoms with Crippen LogP contribution in [0.5, 0.6) is 5.75 Å². The monoisotopic (exact) mass is 250 g/mol. The molecule has 0 saturated carbocycles. The van der Waals surface area contributed by atoms with E-state index in [9.17, 15) is 4.79 Å². The SMILES string of the molecule is COc1ccc(CCC(=O)NCC(C)CN)cc1. The molecule has 0 radical (unpaired) electrons. The van der Waals surface area contributed by atoms with E-state index in [0.717, 1.165) is 17.7 Å². The molecule has 0 aliphatic heterocycles. The molecule has 3 N–H and O–H groups in total.